The molecule has 1 unspecified atom stereocenters. The van der Waals surface area contributed by atoms with Crippen molar-refractivity contribution in [3.05, 3.63) is 36.0 Å². The largest absolute Gasteiger partial charge is 0.496 e. The molecule has 0 bridgehead atoms. The van der Waals surface area contributed by atoms with Gasteiger partial charge in [0.2, 0.25) is 0 Å². The minimum absolute atomic E-state index is 0.276. The Bertz CT molecular complexity index is 571. The Morgan fingerprint density at radius 2 is 2.20 bits per heavy atom. The average Bonchev–Trinajstić information content (AvgIpc) is 2.93. The van der Waals surface area contributed by atoms with Crippen LogP contribution in [0.15, 0.2) is 24.4 Å². The van der Waals surface area contributed by atoms with Gasteiger partial charge in [-0.1, -0.05) is 6.07 Å². The summed E-state index contributed by atoms with van der Waals surface area (Å²) in [6.45, 7) is 0.542. The first kappa shape index (κ1) is 14.5. The third-order valence-electron chi connectivity index (χ3n) is 3.04. The summed E-state index contributed by atoms with van der Waals surface area (Å²) in [5, 5.41) is 0. The lowest BCUT2D eigenvalue weighted by Crippen LogP contribution is -2.14. The number of hydrogen-bond donors (Lipinski definition) is 2. The van der Waals surface area contributed by atoms with Crippen molar-refractivity contribution in [1.82, 2.24) is 9.97 Å². The molecule has 0 saturated carbocycles. The molecule has 0 amide bonds. The highest BCUT2D eigenvalue weighted by Gasteiger charge is 2.16. The van der Waals surface area contributed by atoms with Crippen LogP contribution in [-0.4, -0.2) is 30.8 Å². The molecule has 0 aliphatic heterocycles. The van der Waals surface area contributed by atoms with E-state index in [0.29, 0.717) is 35.9 Å². The maximum atomic E-state index is 14.0. The molecule has 2 aromatic rings. The van der Waals surface area contributed by atoms with Gasteiger partial charge in [-0.15, -0.1) is 0 Å². The standard InChI is InChI=1S/C14H18FN3O2/c1-19-7-6-10(16)14-17-8-11(18-14)13-9(15)4-3-5-12(13)20-2/h3-5,8,10H,6-7,16H2,1-2H3,(H,17,18). The van der Waals surface area contributed by atoms with E-state index >= 15 is 0 Å². The van der Waals surface area contributed by atoms with Crippen LogP contribution in [0, 0.1) is 5.82 Å². The van der Waals surface area contributed by atoms with Crippen molar-refractivity contribution >= 4 is 0 Å². The fourth-order valence-electron chi connectivity index (χ4n) is 1.97. The molecular formula is C14H18FN3O2. The molecule has 0 aliphatic rings. The molecule has 1 aromatic heterocycles. The summed E-state index contributed by atoms with van der Waals surface area (Å²) in [6.07, 6.45) is 2.20. The van der Waals surface area contributed by atoms with Crippen LogP contribution in [0.3, 0.4) is 0 Å². The van der Waals surface area contributed by atoms with Crippen LogP contribution >= 0.6 is 0 Å². The van der Waals surface area contributed by atoms with Gasteiger partial charge in [0.1, 0.15) is 17.4 Å². The van der Waals surface area contributed by atoms with Gasteiger partial charge in [0.15, 0.2) is 0 Å². The highest BCUT2D eigenvalue weighted by molar-refractivity contribution is 5.67. The predicted octanol–water partition coefficient (Wildman–Crippen LogP) is 2.26. The highest BCUT2D eigenvalue weighted by atomic mass is 19.1. The Hall–Kier alpha value is -1.92. The summed E-state index contributed by atoms with van der Waals surface area (Å²) in [5.41, 5.74) is 6.88. The molecule has 0 saturated heterocycles. The topological polar surface area (TPSA) is 73.2 Å². The molecule has 2 rings (SSSR count). The van der Waals surface area contributed by atoms with Crippen molar-refractivity contribution < 1.29 is 13.9 Å². The van der Waals surface area contributed by atoms with E-state index in [1.165, 1.54) is 13.2 Å². The Balaban J connectivity index is 2.29. The normalized spacial score (nSPS) is 12.4. The smallest absolute Gasteiger partial charge is 0.136 e. The summed E-state index contributed by atoms with van der Waals surface area (Å²) in [4.78, 5) is 7.25. The number of halogens is 1. The van der Waals surface area contributed by atoms with E-state index in [4.69, 9.17) is 15.2 Å². The monoisotopic (exact) mass is 279 g/mol. The molecule has 20 heavy (non-hydrogen) atoms. The number of imidazole rings is 1. The highest BCUT2D eigenvalue weighted by Crippen LogP contribution is 2.31. The number of nitrogens with zero attached hydrogens (tertiary/aromatic N) is 1. The Morgan fingerprint density at radius 1 is 1.40 bits per heavy atom. The molecule has 5 nitrogen and oxygen atoms in total. The fraction of sp³-hybridized carbons (Fsp3) is 0.357. The number of nitrogens with one attached hydrogen (secondary N) is 1. The molecule has 108 valence electrons. The van der Waals surface area contributed by atoms with E-state index in [-0.39, 0.29) is 11.9 Å². The van der Waals surface area contributed by atoms with E-state index in [1.54, 1.807) is 25.4 Å². The first-order valence-corrected chi connectivity index (χ1v) is 6.29. The van der Waals surface area contributed by atoms with Crippen LogP contribution in [0.25, 0.3) is 11.3 Å². The Labute approximate surface area is 116 Å². The van der Waals surface area contributed by atoms with E-state index in [9.17, 15) is 4.39 Å². The lowest BCUT2D eigenvalue weighted by Gasteiger charge is -2.09. The second-order valence-electron chi connectivity index (χ2n) is 4.39. The van der Waals surface area contributed by atoms with Gasteiger partial charge in [0, 0.05) is 13.7 Å². The maximum Gasteiger partial charge on any atom is 0.136 e. The number of ether oxygens (including phenoxy) is 2. The molecule has 0 fully saturated rings. The van der Waals surface area contributed by atoms with Gasteiger partial charge in [-0.05, 0) is 18.6 Å². The number of nitrogens with two attached hydrogens (primary N) is 1. The Morgan fingerprint density at radius 3 is 2.90 bits per heavy atom. The quantitative estimate of drug-likeness (QED) is 0.850. The predicted molar refractivity (Wildman–Crippen MR) is 74.0 cm³/mol. The third-order valence-corrected chi connectivity index (χ3v) is 3.04. The second kappa shape index (κ2) is 6.49. The van der Waals surface area contributed by atoms with Crippen molar-refractivity contribution in [3.63, 3.8) is 0 Å². The average molecular weight is 279 g/mol. The molecular weight excluding hydrogens is 261 g/mol. The SMILES string of the molecule is COCCC(N)c1ncc(-c2c(F)cccc2OC)[nH]1. The molecule has 3 N–H and O–H groups in total. The number of methoxy groups -OCH3 is 2. The lowest BCUT2D eigenvalue weighted by atomic mass is 10.1. The van der Waals surface area contributed by atoms with Crippen LogP contribution in [0.2, 0.25) is 0 Å². The summed E-state index contributed by atoms with van der Waals surface area (Å²) in [7, 11) is 3.12. The minimum atomic E-state index is -0.370. The molecule has 0 aliphatic carbocycles. The van der Waals surface area contributed by atoms with Crippen molar-refractivity contribution in [2.75, 3.05) is 20.8 Å². The van der Waals surface area contributed by atoms with Crippen LogP contribution in [0.1, 0.15) is 18.3 Å². The van der Waals surface area contributed by atoms with E-state index < -0.39 is 0 Å². The van der Waals surface area contributed by atoms with Crippen molar-refractivity contribution in [2.45, 2.75) is 12.5 Å². The molecule has 1 atom stereocenters. The molecule has 1 aromatic carbocycles. The van der Waals surface area contributed by atoms with Gasteiger partial charge in [0.05, 0.1) is 30.6 Å². The third kappa shape index (κ3) is 2.97. The minimum Gasteiger partial charge on any atom is -0.496 e. The van der Waals surface area contributed by atoms with Gasteiger partial charge in [-0.2, -0.15) is 0 Å². The van der Waals surface area contributed by atoms with Crippen LogP contribution in [0.5, 0.6) is 5.75 Å². The van der Waals surface area contributed by atoms with E-state index in [1.807, 2.05) is 0 Å². The number of aromatic amines is 1. The molecule has 6 heteroatoms. The van der Waals surface area contributed by atoms with Gasteiger partial charge >= 0.3 is 0 Å². The maximum absolute atomic E-state index is 14.0. The lowest BCUT2D eigenvalue weighted by molar-refractivity contribution is 0.187. The van der Waals surface area contributed by atoms with E-state index in [0.717, 1.165) is 0 Å². The number of benzene rings is 1. The van der Waals surface area contributed by atoms with Crippen molar-refractivity contribution in [2.24, 2.45) is 5.73 Å². The van der Waals surface area contributed by atoms with Gasteiger partial charge < -0.3 is 20.2 Å². The zero-order valence-corrected chi connectivity index (χ0v) is 11.5. The first-order valence-electron chi connectivity index (χ1n) is 6.29. The zero-order chi connectivity index (χ0) is 14.5. The number of H-pyrrole nitrogens is 1. The summed E-state index contributed by atoms with van der Waals surface area (Å²) in [5.74, 6) is 0.679. The molecule has 1 heterocycles. The summed E-state index contributed by atoms with van der Waals surface area (Å²) >= 11 is 0. The van der Waals surface area contributed by atoms with Crippen molar-refractivity contribution in [1.29, 1.82) is 0 Å². The number of hydrogen-bond acceptors (Lipinski definition) is 4. The van der Waals surface area contributed by atoms with Crippen molar-refractivity contribution in [3.8, 4) is 17.0 Å². The number of aromatic nitrogens is 2. The van der Waals surface area contributed by atoms with Gasteiger partial charge in [0.25, 0.3) is 0 Å². The zero-order valence-electron chi connectivity index (χ0n) is 11.5. The first-order chi connectivity index (χ1) is 9.67. The molecule has 0 radical (unpaired) electrons. The molecule has 0 spiro atoms. The van der Waals surface area contributed by atoms with Gasteiger partial charge in [-0.25, -0.2) is 9.37 Å². The van der Waals surface area contributed by atoms with E-state index in [2.05, 4.69) is 9.97 Å². The van der Waals surface area contributed by atoms with Crippen LogP contribution < -0.4 is 10.5 Å². The number of rotatable bonds is 6. The van der Waals surface area contributed by atoms with Crippen LogP contribution in [0.4, 0.5) is 4.39 Å². The second-order valence-corrected chi connectivity index (χ2v) is 4.39. The van der Waals surface area contributed by atoms with Gasteiger partial charge in [-0.3, -0.25) is 0 Å². The summed E-state index contributed by atoms with van der Waals surface area (Å²) in [6, 6.07) is 4.40. The van der Waals surface area contributed by atoms with Crippen LogP contribution in [-0.2, 0) is 4.74 Å². The Kier molecular flexibility index (Phi) is 4.70. The summed E-state index contributed by atoms with van der Waals surface area (Å²) < 4.78 is 24.1. The fourth-order valence-corrected chi connectivity index (χ4v) is 1.97.